The lowest BCUT2D eigenvalue weighted by Crippen LogP contribution is -2.44. The number of nitrogens with one attached hydrogen (secondary N) is 2. The minimum absolute atomic E-state index is 0.225. The monoisotopic (exact) mass is 265 g/mol. The quantitative estimate of drug-likeness (QED) is 0.677. The van der Waals surface area contributed by atoms with Crippen LogP contribution in [-0.2, 0) is 4.79 Å². The average Bonchev–Trinajstić information content (AvgIpc) is 2.38. The van der Waals surface area contributed by atoms with E-state index in [1.165, 1.54) is 13.2 Å². The van der Waals surface area contributed by atoms with Gasteiger partial charge in [0.2, 0.25) is 5.91 Å². The van der Waals surface area contributed by atoms with Crippen molar-refractivity contribution in [2.75, 3.05) is 19.4 Å². The molecule has 0 aliphatic heterocycles. The summed E-state index contributed by atoms with van der Waals surface area (Å²) in [5.41, 5.74) is 6.48. The minimum atomic E-state index is -0.601. The van der Waals surface area contributed by atoms with Crippen molar-refractivity contribution in [2.45, 2.75) is 19.9 Å². The number of benzene rings is 1. The molecule has 0 saturated heterocycles. The fourth-order valence-corrected chi connectivity index (χ4v) is 1.55. The highest BCUT2D eigenvalue weighted by atomic mass is 16.5. The van der Waals surface area contributed by atoms with Crippen molar-refractivity contribution in [2.24, 2.45) is 0 Å². The molecule has 0 radical (unpaired) electrons. The van der Waals surface area contributed by atoms with Crippen molar-refractivity contribution in [1.29, 1.82) is 0 Å². The molecule has 4 N–H and O–H groups in total. The molecule has 6 nitrogen and oxygen atoms in total. The van der Waals surface area contributed by atoms with E-state index in [0.717, 1.165) is 0 Å². The molecule has 19 heavy (non-hydrogen) atoms. The Bertz CT molecular complexity index is 474. The number of hydrogen-bond acceptors (Lipinski definition) is 4. The van der Waals surface area contributed by atoms with Gasteiger partial charge < -0.3 is 21.1 Å². The zero-order valence-corrected chi connectivity index (χ0v) is 11.3. The Labute approximate surface area is 112 Å². The van der Waals surface area contributed by atoms with Gasteiger partial charge in [-0.15, -0.1) is 0 Å². The molecule has 1 rings (SSSR count). The third-order valence-electron chi connectivity index (χ3n) is 2.58. The zero-order valence-electron chi connectivity index (χ0n) is 11.3. The molecule has 1 atom stereocenters. The zero-order chi connectivity index (χ0) is 14.4. The first-order valence-corrected chi connectivity index (χ1v) is 6.01. The van der Waals surface area contributed by atoms with Gasteiger partial charge in [-0.05, 0) is 32.0 Å². The van der Waals surface area contributed by atoms with Crippen LogP contribution in [0.15, 0.2) is 18.2 Å². The number of hydrogen-bond donors (Lipinski definition) is 3. The van der Waals surface area contributed by atoms with Crippen molar-refractivity contribution in [1.82, 2.24) is 10.6 Å². The molecule has 1 aromatic carbocycles. The van der Waals surface area contributed by atoms with Gasteiger partial charge >= 0.3 is 0 Å². The van der Waals surface area contributed by atoms with Gasteiger partial charge in [-0.25, -0.2) is 0 Å². The first-order chi connectivity index (χ1) is 8.99. The third-order valence-corrected chi connectivity index (χ3v) is 2.58. The molecule has 104 valence electrons. The van der Waals surface area contributed by atoms with Crippen LogP contribution in [0.25, 0.3) is 0 Å². The number of carbonyl (C=O) groups excluding carboxylic acids is 2. The molecule has 1 unspecified atom stereocenters. The molecule has 2 amide bonds. The SMILES string of the molecule is CCNC(=O)C(C)NC(=O)c1ccc(OC)c(N)c1. The van der Waals surface area contributed by atoms with Crippen LogP contribution in [0.5, 0.6) is 5.75 Å². The Morgan fingerprint density at radius 3 is 2.63 bits per heavy atom. The van der Waals surface area contributed by atoms with Gasteiger partial charge in [0.05, 0.1) is 12.8 Å². The van der Waals surface area contributed by atoms with Crippen LogP contribution in [-0.4, -0.2) is 31.5 Å². The summed E-state index contributed by atoms with van der Waals surface area (Å²) in [6.45, 7) is 3.96. The Morgan fingerprint density at radius 1 is 1.42 bits per heavy atom. The molecule has 1 aromatic rings. The van der Waals surface area contributed by atoms with E-state index in [1.807, 2.05) is 6.92 Å². The van der Waals surface area contributed by atoms with Crippen LogP contribution in [0.4, 0.5) is 5.69 Å². The molecule has 6 heteroatoms. The molecule has 0 heterocycles. The van der Waals surface area contributed by atoms with Crippen LogP contribution >= 0.6 is 0 Å². The highest BCUT2D eigenvalue weighted by molar-refractivity contribution is 5.98. The van der Waals surface area contributed by atoms with Gasteiger partial charge in [0.25, 0.3) is 5.91 Å². The van der Waals surface area contributed by atoms with Gasteiger partial charge in [-0.2, -0.15) is 0 Å². The number of anilines is 1. The largest absolute Gasteiger partial charge is 0.495 e. The highest BCUT2D eigenvalue weighted by Gasteiger charge is 2.16. The Kier molecular flexibility index (Phi) is 5.17. The van der Waals surface area contributed by atoms with E-state index in [4.69, 9.17) is 10.5 Å². The molecule has 0 aromatic heterocycles. The number of likely N-dealkylation sites (N-methyl/N-ethyl adjacent to an activating group) is 1. The Hall–Kier alpha value is -2.24. The van der Waals surface area contributed by atoms with Crippen LogP contribution in [0.1, 0.15) is 24.2 Å². The number of amides is 2. The van der Waals surface area contributed by atoms with Gasteiger partial charge in [0.15, 0.2) is 0 Å². The number of methoxy groups -OCH3 is 1. The summed E-state index contributed by atoms with van der Waals surface area (Å²) >= 11 is 0. The maximum Gasteiger partial charge on any atom is 0.251 e. The van der Waals surface area contributed by atoms with Gasteiger partial charge in [-0.1, -0.05) is 0 Å². The second kappa shape index (κ2) is 6.63. The van der Waals surface area contributed by atoms with Crippen molar-refractivity contribution in [3.63, 3.8) is 0 Å². The third kappa shape index (κ3) is 3.87. The summed E-state index contributed by atoms with van der Waals surface area (Å²) in [5, 5.41) is 5.23. The molecular formula is C13H19N3O3. The predicted molar refractivity (Wildman–Crippen MR) is 73.0 cm³/mol. The van der Waals surface area contributed by atoms with Crippen LogP contribution < -0.4 is 21.1 Å². The topological polar surface area (TPSA) is 93.5 Å². The standard InChI is InChI=1S/C13H19N3O3/c1-4-15-12(17)8(2)16-13(18)9-5-6-11(19-3)10(14)7-9/h5-8H,4,14H2,1-3H3,(H,15,17)(H,16,18). The fraction of sp³-hybridized carbons (Fsp3) is 0.385. The normalized spacial score (nSPS) is 11.5. The number of nitrogen functional groups attached to an aromatic ring is 1. The van der Waals surface area contributed by atoms with Crippen LogP contribution in [0.3, 0.4) is 0 Å². The second-order valence-electron chi connectivity index (χ2n) is 4.05. The average molecular weight is 265 g/mol. The van der Waals surface area contributed by atoms with Crippen LogP contribution in [0.2, 0.25) is 0 Å². The summed E-state index contributed by atoms with van der Waals surface area (Å²) in [7, 11) is 1.50. The first-order valence-electron chi connectivity index (χ1n) is 6.01. The maximum atomic E-state index is 11.9. The van der Waals surface area contributed by atoms with Gasteiger partial charge in [-0.3, -0.25) is 9.59 Å². The molecule has 0 spiro atoms. The smallest absolute Gasteiger partial charge is 0.251 e. The van der Waals surface area contributed by atoms with E-state index in [-0.39, 0.29) is 11.8 Å². The molecule has 0 bridgehead atoms. The summed E-state index contributed by atoms with van der Waals surface area (Å²) in [5.74, 6) is -0.0706. The van der Waals surface area contributed by atoms with E-state index in [2.05, 4.69) is 10.6 Å². The van der Waals surface area contributed by atoms with Gasteiger partial charge in [0, 0.05) is 12.1 Å². The fourth-order valence-electron chi connectivity index (χ4n) is 1.55. The minimum Gasteiger partial charge on any atom is -0.495 e. The van der Waals surface area contributed by atoms with Crippen LogP contribution in [0, 0.1) is 0 Å². The van der Waals surface area contributed by atoms with Gasteiger partial charge in [0.1, 0.15) is 11.8 Å². The van der Waals surface area contributed by atoms with Crippen molar-refractivity contribution in [3.8, 4) is 5.75 Å². The van der Waals surface area contributed by atoms with Crippen molar-refractivity contribution < 1.29 is 14.3 Å². The number of ether oxygens (including phenoxy) is 1. The molecular weight excluding hydrogens is 246 g/mol. The summed E-state index contributed by atoms with van der Waals surface area (Å²) in [6.07, 6.45) is 0. The summed E-state index contributed by atoms with van der Waals surface area (Å²) in [4.78, 5) is 23.4. The Balaban J connectivity index is 2.73. The van der Waals surface area contributed by atoms with Crippen molar-refractivity contribution >= 4 is 17.5 Å². The lowest BCUT2D eigenvalue weighted by atomic mass is 10.1. The van der Waals surface area contributed by atoms with E-state index >= 15 is 0 Å². The maximum absolute atomic E-state index is 11.9. The van der Waals surface area contributed by atoms with E-state index in [9.17, 15) is 9.59 Å². The highest BCUT2D eigenvalue weighted by Crippen LogP contribution is 2.21. The summed E-state index contributed by atoms with van der Waals surface area (Å²) in [6, 6.07) is 4.12. The number of nitrogens with two attached hydrogens (primary N) is 1. The van der Waals surface area contributed by atoms with E-state index < -0.39 is 6.04 Å². The molecule has 0 aliphatic carbocycles. The second-order valence-corrected chi connectivity index (χ2v) is 4.05. The first kappa shape index (κ1) is 14.8. The predicted octanol–water partition coefficient (Wildman–Crippen LogP) is 0.532. The molecule has 0 saturated carbocycles. The number of rotatable bonds is 5. The Morgan fingerprint density at radius 2 is 2.11 bits per heavy atom. The lowest BCUT2D eigenvalue weighted by Gasteiger charge is -2.14. The summed E-state index contributed by atoms with van der Waals surface area (Å²) < 4.78 is 5.01. The van der Waals surface area contributed by atoms with E-state index in [1.54, 1.807) is 19.1 Å². The molecule has 0 fully saturated rings. The number of carbonyl (C=O) groups is 2. The molecule has 0 aliphatic rings. The van der Waals surface area contributed by atoms with Crippen molar-refractivity contribution in [3.05, 3.63) is 23.8 Å². The van der Waals surface area contributed by atoms with E-state index in [0.29, 0.717) is 23.5 Å². The lowest BCUT2D eigenvalue weighted by molar-refractivity contribution is -0.122.